The Morgan fingerprint density at radius 3 is 2.88 bits per heavy atom. The minimum atomic E-state index is -0.155. The highest BCUT2D eigenvalue weighted by atomic mass is 16.2. The smallest absolute Gasteiger partial charge is 0.227 e. The fraction of sp³-hybridized carbons (Fsp3) is 0.750. The highest BCUT2D eigenvalue weighted by molar-refractivity contribution is 5.83. The third-order valence-electron chi connectivity index (χ3n) is 3.02. The van der Waals surface area contributed by atoms with Crippen molar-refractivity contribution in [1.29, 1.82) is 5.26 Å². The molecular formula is C12H19N3O2. The molecule has 5 nitrogen and oxygen atoms in total. The molecule has 0 saturated carbocycles. The fourth-order valence-electron chi connectivity index (χ4n) is 1.95. The number of nitrogens with one attached hydrogen (secondary N) is 1. The molecule has 17 heavy (non-hydrogen) atoms. The summed E-state index contributed by atoms with van der Waals surface area (Å²) in [4.78, 5) is 24.9. The van der Waals surface area contributed by atoms with Gasteiger partial charge in [-0.25, -0.2) is 0 Å². The summed E-state index contributed by atoms with van der Waals surface area (Å²) in [5.74, 6) is -0.215. The number of nitriles is 1. The first kappa shape index (κ1) is 13.5. The van der Waals surface area contributed by atoms with Crippen LogP contribution < -0.4 is 5.32 Å². The lowest BCUT2D eigenvalue weighted by atomic mass is 9.97. The average Bonchev–Trinajstić information content (AvgIpc) is 2.35. The maximum Gasteiger partial charge on any atom is 0.227 e. The second-order valence-corrected chi connectivity index (χ2v) is 4.45. The van der Waals surface area contributed by atoms with Gasteiger partial charge in [0, 0.05) is 26.1 Å². The highest BCUT2D eigenvalue weighted by Crippen LogP contribution is 2.15. The molecule has 0 radical (unpaired) electrons. The van der Waals surface area contributed by atoms with Crippen molar-refractivity contribution in [2.45, 2.75) is 26.7 Å². The molecule has 0 spiro atoms. The van der Waals surface area contributed by atoms with Crippen LogP contribution >= 0.6 is 0 Å². The van der Waals surface area contributed by atoms with Gasteiger partial charge in [0.2, 0.25) is 11.8 Å². The normalized spacial score (nSPS) is 21.2. The molecule has 5 heteroatoms. The van der Waals surface area contributed by atoms with Crippen molar-refractivity contribution in [2.75, 3.05) is 19.6 Å². The van der Waals surface area contributed by atoms with Gasteiger partial charge < -0.3 is 10.2 Å². The summed E-state index contributed by atoms with van der Waals surface area (Å²) in [7, 11) is 0. The first-order valence-corrected chi connectivity index (χ1v) is 6.03. The van der Waals surface area contributed by atoms with Crippen LogP contribution in [0.4, 0.5) is 0 Å². The van der Waals surface area contributed by atoms with E-state index in [1.807, 2.05) is 6.92 Å². The number of carbonyl (C=O) groups is 2. The highest BCUT2D eigenvalue weighted by Gasteiger charge is 2.28. The minimum absolute atomic E-state index is 0.0162. The molecule has 1 rings (SSSR count). The van der Waals surface area contributed by atoms with Gasteiger partial charge in [-0.05, 0) is 20.3 Å². The summed E-state index contributed by atoms with van der Waals surface area (Å²) < 4.78 is 0. The summed E-state index contributed by atoms with van der Waals surface area (Å²) in [6, 6.07) is 2.13. The van der Waals surface area contributed by atoms with Crippen LogP contribution in [0.5, 0.6) is 0 Å². The first-order valence-electron chi connectivity index (χ1n) is 6.03. The number of piperidine rings is 1. The predicted molar refractivity (Wildman–Crippen MR) is 62.8 cm³/mol. The summed E-state index contributed by atoms with van der Waals surface area (Å²) in [6.45, 7) is 5.21. The van der Waals surface area contributed by atoms with Crippen LogP contribution in [-0.4, -0.2) is 36.3 Å². The lowest BCUT2D eigenvalue weighted by molar-refractivity contribution is -0.137. The van der Waals surface area contributed by atoms with Crippen LogP contribution in [0.2, 0.25) is 0 Å². The summed E-state index contributed by atoms with van der Waals surface area (Å²) in [5.41, 5.74) is 0. The quantitative estimate of drug-likeness (QED) is 0.774. The van der Waals surface area contributed by atoms with Crippen molar-refractivity contribution >= 4 is 11.8 Å². The van der Waals surface area contributed by atoms with Gasteiger partial charge in [0.1, 0.15) is 0 Å². The van der Waals surface area contributed by atoms with Crippen molar-refractivity contribution in [2.24, 2.45) is 11.8 Å². The van der Waals surface area contributed by atoms with Crippen LogP contribution in [0.3, 0.4) is 0 Å². The van der Waals surface area contributed by atoms with Gasteiger partial charge in [0.15, 0.2) is 0 Å². The second kappa shape index (κ2) is 6.24. The Hall–Kier alpha value is -1.57. The topological polar surface area (TPSA) is 73.2 Å². The van der Waals surface area contributed by atoms with Gasteiger partial charge >= 0.3 is 0 Å². The number of nitrogens with zero attached hydrogens (tertiary/aromatic N) is 2. The van der Waals surface area contributed by atoms with Crippen molar-refractivity contribution in [3.05, 3.63) is 0 Å². The molecule has 0 bridgehead atoms. The fourth-order valence-corrected chi connectivity index (χ4v) is 1.95. The molecule has 1 aliphatic rings. The van der Waals surface area contributed by atoms with Gasteiger partial charge in [-0.1, -0.05) is 0 Å². The van der Waals surface area contributed by atoms with E-state index in [-0.39, 0.29) is 23.7 Å². The number of hydrogen-bond acceptors (Lipinski definition) is 3. The summed E-state index contributed by atoms with van der Waals surface area (Å²) >= 11 is 0. The van der Waals surface area contributed by atoms with Crippen molar-refractivity contribution < 1.29 is 9.59 Å². The standard InChI is InChI=1S/C12H19N3O2/c1-3-15(8-9(2)6-13)12(17)10-4-5-11(16)14-7-10/h9-10H,3-5,7-8H2,1-2H3,(H,14,16). The molecule has 1 aliphatic heterocycles. The van der Waals surface area contributed by atoms with E-state index in [1.165, 1.54) is 0 Å². The molecule has 1 N–H and O–H groups in total. The third kappa shape index (κ3) is 3.74. The van der Waals surface area contributed by atoms with E-state index in [9.17, 15) is 9.59 Å². The molecule has 0 aromatic carbocycles. The van der Waals surface area contributed by atoms with E-state index >= 15 is 0 Å². The Bertz CT molecular complexity index is 325. The second-order valence-electron chi connectivity index (χ2n) is 4.45. The van der Waals surface area contributed by atoms with E-state index < -0.39 is 0 Å². The zero-order valence-electron chi connectivity index (χ0n) is 10.4. The van der Waals surface area contributed by atoms with Crippen LogP contribution in [0.1, 0.15) is 26.7 Å². The molecule has 1 fully saturated rings. The van der Waals surface area contributed by atoms with Gasteiger partial charge in [0.25, 0.3) is 0 Å². The van der Waals surface area contributed by atoms with Crippen molar-refractivity contribution in [3.8, 4) is 6.07 Å². The zero-order valence-corrected chi connectivity index (χ0v) is 10.4. The van der Waals surface area contributed by atoms with E-state index in [2.05, 4.69) is 11.4 Å². The Labute approximate surface area is 102 Å². The molecular weight excluding hydrogens is 218 g/mol. The van der Waals surface area contributed by atoms with Crippen molar-refractivity contribution in [1.82, 2.24) is 10.2 Å². The lowest BCUT2D eigenvalue weighted by Crippen LogP contribution is -2.45. The molecule has 1 heterocycles. The van der Waals surface area contributed by atoms with Gasteiger partial charge in [-0.2, -0.15) is 5.26 Å². The third-order valence-corrected chi connectivity index (χ3v) is 3.02. The Morgan fingerprint density at radius 2 is 2.41 bits per heavy atom. The Morgan fingerprint density at radius 1 is 1.71 bits per heavy atom. The molecule has 2 atom stereocenters. The SMILES string of the molecule is CCN(CC(C)C#N)C(=O)C1CCC(=O)NC1. The van der Waals surface area contributed by atoms with E-state index in [4.69, 9.17) is 5.26 Å². The van der Waals surface area contributed by atoms with E-state index in [0.29, 0.717) is 32.5 Å². The number of hydrogen-bond donors (Lipinski definition) is 1. The zero-order chi connectivity index (χ0) is 12.8. The number of amides is 2. The van der Waals surface area contributed by atoms with Crippen LogP contribution in [0.25, 0.3) is 0 Å². The van der Waals surface area contributed by atoms with Crippen LogP contribution in [0.15, 0.2) is 0 Å². The van der Waals surface area contributed by atoms with Gasteiger partial charge in [0.05, 0.1) is 17.9 Å². The summed E-state index contributed by atoms with van der Waals surface area (Å²) in [6.07, 6.45) is 1.03. The monoisotopic (exact) mass is 237 g/mol. The molecule has 2 unspecified atom stereocenters. The van der Waals surface area contributed by atoms with Gasteiger partial charge in [-0.3, -0.25) is 9.59 Å². The van der Waals surface area contributed by atoms with Crippen LogP contribution in [-0.2, 0) is 9.59 Å². The maximum absolute atomic E-state index is 12.2. The Kier molecular flexibility index (Phi) is 4.95. The first-order chi connectivity index (χ1) is 8.08. The predicted octanol–water partition coefficient (Wildman–Crippen LogP) is 0.521. The Balaban J connectivity index is 2.54. The number of carbonyl (C=O) groups excluding carboxylic acids is 2. The minimum Gasteiger partial charge on any atom is -0.355 e. The van der Waals surface area contributed by atoms with E-state index in [0.717, 1.165) is 0 Å². The molecule has 0 aromatic rings. The largest absolute Gasteiger partial charge is 0.355 e. The summed E-state index contributed by atoms with van der Waals surface area (Å²) in [5, 5.41) is 11.5. The average molecular weight is 237 g/mol. The van der Waals surface area contributed by atoms with E-state index in [1.54, 1.807) is 11.8 Å². The lowest BCUT2D eigenvalue weighted by Gasteiger charge is -2.29. The molecule has 0 aromatic heterocycles. The van der Waals surface area contributed by atoms with Crippen LogP contribution in [0, 0.1) is 23.2 Å². The molecule has 2 amide bonds. The molecule has 0 aliphatic carbocycles. The van der Waals surface area contributed by atoms with Crippen molar-refractivity contribution in [3.63, 3.8) is 0 Å². The number of rotatable bonds is 4. The molecule has 1 saturated heterocycles. The molecule has 94 valence electrons. The van der Waals surface area contributed by atoms with Gasteiger partial charge in [-0.15, -0.1) is 0 Å². The maximum atomic E-state index is 12.2.